The molecule has 0 atom stereocenters. The van der Waals surface area contributed by atoms with Crippen molar-refractivity contribution in [3.05, 3.63) is 88.8 Å². The number of aromatic nitrogens is 3. The smallest absolute Gasteiger partial charge is 0.346 e. The van der Waals surface area contributed by atoms with Gasteiger partial charge >= 0.3 is 5.69 Å². The highest BCUT2D eigenvalue weighted by Crippen LogP contribution is 2.36. The van der Waals surface area contributed by atoms with Gasteiger partial charge in [-0.3, -0.25) is 9.36 Å². The first kappa shape index (κ1) is 19.3. The summed E-state index contributed by atoms with van der Waals surface area (Å²) in [4.78, 5) is 25.4. The van der Waals surface area contributed by atoms with Crippen molar-refractivity contribution >= 4 is 16.7 Å². The number of hydrogen-bond donors (Lipinski definition) is 1. The number of nitrogens with one attached hydrogen (secondary N) is 1. The number of fused-ring (bicyclic) bond motifs is 1. The van der Waals surface area contributed by atoms with Crippen molar-refractivity contribution in [3.8, 4) is 11.4 Å². The lowest BCUT2D eigenvalue weighted by atomic mass is 10.0. The normalized spacial score (nSPS) is 13.4. The van der Waals surface area contributed by atoms with Gasteiger partial charge < -0.3 is 5.32 Å². The van der Waals surface area contributed by atoms with E-state index in [4.69, 9.17) is 0 Å². The molecule has 31 heavy (non-hydrogen) atoms. The summed E-state index contributed by atoms with van der Waals surface area (Å²) in [7, 11) is 0. The zero-order valence-electron chi connectivity index (χ0n) is 17.2. The number of hydrogen-bond acceptors (Lipinski definition) is 3. The summed E-state index contributed by atoms with van der Waals surface area (Å²) in [5.41, 5.74) is 1.83. The van der Waals surface area contributed by atoms with Gasteiger partial charge in [0.25, 0.3) is 0 Å². The fourth-order valence-corrected chi connectivity index (χ4v) is 4.00. The SMILES string of the molecule is O=C(Cc1cccc2ccccc12)NCCn1nc(-c2ccccc2)n(C2CC2)c1=O. The zero-order valence-corrected chi connectivity index (χ0v) is 17.2. The summed E-state index contributed by atoms with van der Waals surface area (Å²) < 4.78 is 3.27. The Morgan fingerprint density at radius 2 is 1.71 bits per heavy atom. The summed E-state index contributed by atoms with van der Waals surface area (Å²) in [5.74, 6) is 0.643. The van der Waals surface area contributed by atoms with E-state index in [-0.39, 0.29) is 17.6 Å². The first-order valence-electron chi connectivity index (χ1n) is 10.7. The maximum atomic E-state index is 12.9. The van der Waals surface area contributed by atoms with Crippen LogP contribution in [0.2, 0.25) is 0 Å². The van der Waals surface area contributed by atoms with E-state index in [0.717, 1.165) is 34.7 Å². The van der Waals surface area contributed by atoms with Crippen LogP contribution < -0.4 is 11.0 Å². The van der Waals surface area contributed by atoms with Gasteiger partial charge in [0.15, 0.2) is 5.82 Å². The number of carbonyl (C=O) groups is 1. The first-order valence-corrected chi connectivity index (χ1v) is 10.7. The molecule has 0 radical (unpaired) electrons. The van der Waals surface area contributed by atoms with Crippen LogP contribution in [0.15, 0.2) is 77.6 Å². The maximum Gasteiger partial charge on any atom is 0.346 e. The molecule has 1 aliphatic carbocycles. The fraction of sp³-hybridized carbons (Fsp3) is 0.240. The highest BCUT2D eigenvalue weighted by molar-refractivity contribution is 5.90. The summed E-state index contributed by atoms with van der Waals surface area (Å²) in [6.45, 7) is 0.707. The van der Waals surface area contributed by atoms with Crippen molar-refractivity contribution in [3.63, 3.8) is 0 Å². The number of carbonyl (C=O) groups excluding carboxylic acids is 1. The Bertz CT molecular complexity index is 1280. The predicted octanol–water partition coefficient (Wildman–Crippen LogP) is 3.56. The lowest BCUT2D eigenvalue weighted by Gasteiger charge is -2.08. The van der Waals surface area contributed by atoms with E-state index in [0.29, 0.717) is 25.3 Å². The summed E-state index contributed by atoms with van der Waals surface area (Å²) in [6.07, 6.45) is 2.32. The van der Waals surface area contributed by atoms with Crippen LogP contribution in [0.25, 0.3) is 22.2 Å². The molecular formula is C25H24N4O2. The van der Waals surface area contributed by atoms with Crippen molar-refractivity contribution in [2.45, 2.75) is 31.8 Å². The van der Waals surface area contributed by atoms with E-state index in [1.165, 1.54) is 4.68 Å². The Hall–Kier alpha value is -3.67. The van der Waals surface area contributed by atoms with Crippen LogP contribution in [0, 0.1) is 0 Å². The third-order valence-corrected chi connectivity index (χ3v) is 5.69. The molecule has 4 aromatic rings. The third-order valence-electron chi connectivity index (χ3n) is 5.69. The van der Waals surface area contributed by atoms with E-state index in [1.807, 2.05) is 72.8 Å². The minimum Gasteiger partial charge on any atom is -0.354 e. The van der Waals surface area contributed by atoms with Crippen LogP contribution >= 0.6 is 0 Å². The maximum absolute atomic E-state index is 12.9. The second kappa shape index (κ2) is 8.22. The highest BCUT2D eigenvalue weighted by atomic mass is 16.2. The topological polar surface area (TPSA) is 68.9 Å². The summed E-state index contributed by atoms with van der Waals surface area (Å²) in [6, 6.07) is 24.1. The van der Waals surface area contributed by atoms with Crippen LogP contribution in [0.3, 0.4) is 0 Å². The Kier molecular flexibility index (Phi) is 5.12. The van der Waals surface area contributed by atoms with Gasteiger partial charge in [-0.15, -0.1) is 5.10 Å². The minimum atomic E-state index is -0.107. The molecule has 1 aromatic heterocycles. The van der Waals surface area contributed by atoms with Crippen LogP contribution in [-0.4, -0.2) is 26.8 Å². The van der Waals surface area contributed by atoms with E-state index in [1.54, 1.807) is 4.57 Å². The fourth-order valence-electron chi connectivity index (χ4n) is 4.00. The molecule has 1 aliphatic rings. The van der Waals surface area contributed by atoms with E-state index in [9.17, 15) is 9.59 Å². The van der Waals surface area contributed by atoms with Gasteiger partial charge in [0.2, 0.25) is 5.91 Å². The molecule has 1 amide bonds. The lowest BCUT2D eigenvalue weighted by Crippen LogP contribution is -2.32. The second-order valence-corrected chi connectivity index (χ2v) is 7.96. The van der Waals surface area contributed by atoms with Crippen molar-refractivity contribution in [2.75, 3.05) is 6.54 Å². The summed E-state index contributed by atoms with van der Waals surface area (Å²) in [5, 5.41) is 9.73. The van der Waals surface area contributed by atoms with Crippen molar-refractivity contribution in [1.29, 1.82) is 0 Å². The average Bonchev–Trinajstić information content (AvgIpc) is 3.58. The van der Waals surface area contributed by atoms with Crippen molar-refractivity contribution in [2.24, 2.45) is 0 Å². The van der Waals surface area contributed by atoms with Gasteiger partial charge in [-0.2, -0.15) is 0 Å². The van der Waals surface area contributed by atoms with Crippen LogP contribution in [-0.2, 0) is 17.8 Å². The zero-order chi connectivity index (χ0) is 21.2. The predicted molar refractivity (Wildman–Crippen MR) is 121 cm³/mol. The molecule has 5 rings (SSSR count). The number of amides is 1. The molecule has 6 heteroatoms. The van der Waals surface area contributed by atoms with Crippen LogP contribution in [0.5, 0.6) is 0 Å². The number of benzene rings is 3. The quantitative estimate of drug-likeness (QED) is 0.505. The Morgan fingerprint density at radius 3 is 2.52 bits per heavy atom. The standard InChI is InChI=1S/C25H24N4O2/c30-23(17-20-11-6-10-18-7-4-5-12-22(18)20)26-15-16-28-25(31)29(21-13-14-21)24(27-28)19-8-2-1-3-9-19/h1-12,21H,13-17H2,(H,26,30). The highest BCUT2D eigenvalue weighted by Gasteiger charge is 2.30. The van der Waals surface area contributed by atoms with Gasteiger partial charge in [-0.1, -0.05) is 72.8 Å². The lowest BCUT2D eigenvalue weighted by molar-refractivity contribution is -0.120. The third kappa shape index (κ3) is 4.01. The first-order chi connectivity index (χ1) is 15.2. The van der Waals surface area contributed by atoms with E-state index in [2.05, 4.69) is 10.4 Å². The minimum absolute atomic E-state index is 0.0608. The number of rotatable bonds is 7. The molecule has 1 heterocycles. The summed E-state index contributed by atoms with van der Waals surface area (Å²) >= 11 is 0. The van der Waals surface area contributed by atoms with Crippen molar-refractivity contribution < 1.29 is 4.79 Å². The molecule has 6 nitrogen and oxygen atoms in total. The van der Waals surface area contributed by atoms with Crippen molar-refractivity contribution in [1.82, 2.24) is 19.7 Å². The van der Waals surface area contributed by atoms with Gasteiger partial charge in [0.05, 0.1) is 13.0 Å². The molecular weight excluding hydrogens is 388 g/mol. The van der Waals surface area contributed by atoms with E-state index >= 15 is 0 Å². The van der Waals surface area contributed by atoms with Gasteiger partial charge in [0, 0.05) is 18.2 Å². The molecule has 1 saturated carbocycles. The number of nitrogens with zero attached hydrogens (tertiary/aromatic N) is 3. The molecule has 0 unspecified atom stereocenters. The average molecular weight is 412 g/mol. The molecule has 0 bridgehead atoms. The Morgan fingerprint density at radius 1 is 0.968 bits per heavy atom. The van der Waals surface area contributed by atoms with E-state index < -0.39 is 0 Å². The molecule has 0 saturated heterocycles. The van der Waals surface area contributed by atoms with Crippen LogP contribution in [0.4, 0.5) is 0 Å². The van der Waals surface area contributed by atoms with Crippen LogP contribution in [0.1, 0.15) is 24.4 Å². The monoisotopic (exact) mass is 412 g/mol. The molecule has 1 N–H and O–H groups in total. The molecule has 0 spiro atoms. The molecule has 0 aliphatic heterocycles. The molecule has 1 fully saturated rings. The van der Waals surface area contributed by atoms with Gasteiger partial charge in [-0.05, 0) is 29.2 Å². The Labute approximate surface area is 180 Å². The molecule has 156 valence electrons. The van der Waals surface area contributed by atoms with Gasteiger partial charge in [-0.25, -0.2) is 9.48 Å². The second-order valence-electron chi connectivity index (χ2n) is 7.96. The largest absolute Gasteiger partial charge is 0.354 e. The Balaban J connectivity index is 1.27. The molecule has 3 aromatic carbocycles. The van der Waals surface area contributed by atoms with Gasteiger partial charge in [0.1, 0.15) is 0 Å².